The Morgan fingerprint density at radius 1 is 1.00 bits per heavy atom. The van der Waals surface area contributed by atoms with Crippen LogP contribution in [0.1, 0.15) is 11.1 Å². The number of nitrogens with zero attached hydrogens (tertiary/aromatic N) is 1. The van der Waals surface area contributed by atoms with Crippen LogP contribution in [-0.2, 0) is 26.4 Å². The van der Waals surface area contributed by atoms with Gasteiger partial charge in [-0.2, -0.15) is 0 Å². The van der Waals surface area contributed by atoms with Crippen molar-refractivity contribution in [2.45, 2.75) is 18.1 Å². The van der Waals surface area contributed by atoms with Crippen LogP contribution in [0.3, 0.4) is 0 Å². The molecular formula is C25H20ClN3O3. The minimum Gasteiger partial charge on any atom is -0.463 e. The number of esters is 1. The summed E-state index contributed by atoms with van der Waals surface area (Å²) in [5.41, 5.74) is 2.70. The number of para-hydroxylation sites is 2. The standard InChI is InChI=1S/C25H20ClN3O3/c26-16-10-11-21-17(12-16)25(24(31)29(21)13-15-6-2-1-3-7-15)22-20(14-32-23(22)30)27-18-8-4-5-9-19(18)28-25/h1-12,20,22,27-28H,13-14H2. The minimum atomic E-state index is -1.33. The molecule has 3 heterocycles. The average Bonchev–Trinajstić information content (AvgIpc) is 3.20. The zero-order valence-electron chi connectivity index (χ0n) is 17.0. The number of nitrogens with one attached hydrogen (secondary N) is 2. The summed E-state index contributed by atoms with van der Waals surface area (Å²) in [7, 11) is 0. The van der Waals surface area contributed by atoms with E-state index < -0.39 is 17.4 Å². The second-order valence-corrected chi connectivity index (χ2v) is 8.81. The van der Waals surface area contributed by atoms with E-state index in [1.165, 1.54) is 0 Å². The Hall–Kier alpha value is -3.51. The van der Waals surface area contributed by atoms with Crippen LogP contribution in [0.4, 0.5) is 17.1 Å². The number of cyclic esters (lactones) is 1. The molecule has 32 heavy (non-hydrogen) atoms. The molecule has 0 bridgehead atoms. The lowest BCUT2D eigenvalue weighted by Crippen LogP contribution is -2.55. The summed E-state index contributed by atoms with van der Waals surface area (Å²) in [6.07, 6.45) is 0. The van der Waals surface area contributed by atoms with Crippen LogP contribution in [0, 0.1) is 5.92 Å². The van der Waals surface area contributed by atoms with Gasteiger partial charge in [-0.25, -0.2) is 0 Å². The topological polar surface area (TPSA) is 70.7 Å². The highest BCUT2D eigenvalue weighted by atomic mass is 35.5. The summed E-state index contributed by atoms with van der Waals surface area (Å²) in [6.45, 7) is 0.586. The summed E-state index contributed by atoms with van der Waals surface area (Å²) in [6, 6.07) is 22.5. The van der Waals surface area contributed by atoms with Gasteiger partial charge in [-0.1, -0.05) is 54.1 Å². The molecule has 6 nitrogen and oxygen atoms in total. The van der Waals surface area contributed by atoms with Crippen molar-refractivity contribution in [3.63, 3.8) is 0 Å². The average molecular weight is 446 g/mol. The van der Waals surface area contributed by atoms with Gasteiger partial charge in [0, 0.05) is 10.6 Å². The van der Waals surface area contributed by atoms with E-state index in [2.05, 4.69) is 10.6 Å². The number of hydrogen-bond acceptors (Lipinski definition) is 5. The van der Waals surface area contributed by atoms with Gasteiger partial charge in [0.05, 0.1) is 29.6 Å². The molecule has 1 spiro atoms. The van der Waals surface area contributed by atoms with Gasteiger partial charge in [0.25, 0.3) is 5.91 Å². The summed E-state index contributed by atoms with van der Waals surface area (Å²) < 4.78 is 5.46. The number of anilines is 3. The fourth-order valence-electron chi connectivity index (χ4n) is 5.17. The number of carbonyl (C=O) groups excluding carboxylic acids is 2. The second-order valence-electron chi connectivity index (χ2n) is 8.38. The highest BCUT2D eigenvalue weighted by molar-refractivity contribution is 6.31. The lowest BCUT2D eigenvalue weighted by Gasteiger charge is -2.34. The Bertz CT molecular complexity index is 1250. The molecule has 160 valence electrons. The molecule has 0 radical (unpaired) electrons. The van der Waals surface area contributed by atoms with Crippen LogP contribution < -0.4 is 15.5 Å². The zero-order chi connectivity index (χ0) is 21.9. The third kappa shape index (κ3) is 2.66. The van der Waals surface area contributed by atoms with Crippen LogP contribution in [-0.4, -0.2) is 24.5 Å². The highest BCUT2D eigenvalue weighted by Gasteiger charge is 2.64. The second kappa shape index (κ2) is 7.00. The van der Waals surface area contributed by atoms with E-state index in [-0.39, 0.29) is 18.6 Å². The predicted octanol–water partition coefficient (Wildman–Crippen LogP) is 4.16. The van der Waals surface area contributed by atoms with Crippen molar-refractivity contribution in [3.8, 4) is 0 Å². The van der Waals surface area contributed by atoms with E-state index >= 15 is 0 Å². The van der Waals surface area contributed by atoms with Crippen molar-refractivity contribution in [3.05, 3.63) is 88.9 Å². The Kier molecular flexibility index (Phi) is 4.20. The van der Waals surface area contributed by atoms with Crippen molar-refractivity contribution in [1.29, 1.82) is 0 Å². The zero-order valence-corrected chi connectivity index (χ0v) is 17.8. The van der Waals surface area contributed by atoms with E-state index in [4.69, 9.17) is 16.3 Å². The molecule has 3 aliphatic heterocycles. The number of amides is 1. The molecule has 3 unspecified atom stereocenters. The maximum atomic E-state index is 14.3. The lowest BCUT2D eigenvalue weighted by molar-refractivity contribution is -0.145. The molecule has 3 aromatic rings. The van der Waals surface area contributed by atoms with E-state index in [9.17, 15) is 9.59 Å². The Morgan fingerprint density at radius 3 is 2.56 bits per heavy atom. The van der Waals surface area contributed by atoms with Gasteiger partial charge >= 0.3 is 5.97 Å². The number of rotatable bonds is 2. The van der Waals surface area contributed by atoms with Crippen molar-refractivity contribution in [1.82, 2.24) is 0 Å². The first-order valence-electron chi connectivity index (χ1n) is 10.5. The largest absolute Gasteiger partial charge is 0.463 e. The third-order valence-electron chi connectivity index (χ3n) is 6.57. The van der Waals surface area contributed by atoms with Crippen LogP contribution in [0.5, 0.6) is 0 Å². The highest BCUT2D eigenvalue weighted by Crippen LogP contribution is 2.53. The van der Waals surface area contributed by atoms with Crippen molar-refractivity contribution in [2.24, 2.45) is 5.92 Å². The van der Waals surface area contributed by atoms with Gasteiger partial charge in [-0.3, -0.25) is 9.59 Å². The number of ether oxygens (including phenoxy) is 1. The first-order chi connectivity index (χ1) is 15.6. The molecule has 0 aromatic heterocycles. The van der Waals surface area contributed by atoms with Gasteiger partial charge in [0.2, 0.25) is 0 Å². The predicted molar refractivity (Wildman–Crippen MR) is 123 cm³/mol. The van der Waals surface area contributed by atoms with Crippen LogP contribution in [0.2, 0.25) is 5.02 Å². The maximum absolute atomic E-state index is 14.3. The Morgan fingerprint density at radius 2 is 1.75 bits per heavy atom. The van der Waals surface area contributed by atoms with E-state index in [0.29, 0.717) is 17.1 Å². The summed E-state index contributed by atoms with van der Waals surface area (Å²) in [5.74, 6) is -1.34. The molecule has 6 rings (SSSR count). The number of benzene rings is 3. The molecule has 3 atom stereocenters. The van der Waals surface area contributed by atoms with Gasteiger partial charge in [-0.05, 0) is 35.9 Å². The van der Waals surface area contributed by atoms with E-state index in [1.807, 2.05) is 60.7 Å². The molecule has 1 amide bonds. The van der Waals surface area contributed by atoms with E-state index in [1.54, 1.807) is 17.0 Å². The van der Waals surface area contributed by atoms with Gasteiger partial charge in [0.15, 0.2) is 5.54 Å². The monoisotopic (exact) mass is 445 g/mol. The summed E-state index contributed by atoms with van der Waals surface area (Å²) in [5, 5.41) is 7.40. The third-order valence-corrected chi connectivity index (χ3v) is 6.80. The van der Waals surface area contributed by atoms with Gasteiger partial charge in [-0.15, -0.1) is 0 Å². The Balaban J connectivity index is 1.57. The first-order valence-corrected chi connectivity index (χ1v) is 10.9. The van der Waals surface area contributed by atoms with Crippen molar-refractivity contribution >= 4 is 40.5 Å². The van der Waals surface area contributed by atoms with Crippen molar-refractivity contribution in [2.75, 3.05) is 22.1 Å². The SMILES string of the molecule is O=C1OCC2Nc3ccccc3NC3(C(=O)N(Cc4ccccc4)c4ccc(Cl)cc43)C12. The van der Waals surface area contributed by atoms with Crippen LogP contribution in [0.25, 0.3) is 0 Å². The smallest absolute Gasteiger partial charge is 0.314 e. The van der Waals surface area contributed by atoms with Gasteiger partial charge in [0.1, 0.15) is 12.5 Å². The summed E-state index contributed by atoms with van der Waals surface area (Å²) in [4.78, 5) is 29.1. The lowest BCUT2D eigenvalue weighted by atomic mass is 9.76. The minimum absolute atomic E-state index is 0.189. The van der Waals surface area contributed by atoms with E-state index in [0.717, 1.165) is 22.6 Å². The molecule has 2 N–H and O–H groups in total. The normalized spacial score (nSPS) is 25.3. The van der Waals surface area contributed by atoms with Crippen LogP contribution >= 0.6 is 11.6 Å². The number of hydrogen-bond donors (Lipinski definition) is 2. The molecule has 0 saturated carbocycles. The van der Waals surface area contributed by atoms with Gasteiger partial charge < -0.3 is 20.3 Å². The molecule has 1 saturated heterocycles. The van der Waals surface area contributed by atoms with Crippen LogP contribution in [0.15, 0.2) is 72.8 Å². The molecule has 3 aromatic carbocycles. The number of carbonyl (C=O) groups is 2. The molecule has 1 fully saturated rings. The Labute approximate surface area is 190 Å². The molecule has 0 aliphatic carbocycles. The fraction of sp³-hybridized carbons (Fsp3) is 0.200. The maximum Gasteiger partial charge on any atom is 0.314 e. The molecular weight excluding hydrogens is 426 g/mol. The quantitative estimate of drug-likeness (QED) is 0.579. The number of halogens is 1. The fourth-order valence-corrected chi connectivity index (χ4v) is 5.35. The molecule has 3 aliphatic rings. The van der Waals surface area contributed by atoms with Crippen molar-refractivity contribution < 1.29 is 14.3 Å². The number of fused-ring (bicyclic) bond motifs is 5. The first kappa shape index (κ1) is 19.2. The summed E-state index contributed by atoms with van der Waals surface area (Å²) >= 11 is 6.41. The molecule has 7 heteroatoms.